The summed E-state index contributed by atoms with van der Waals surface area (Å²) in [5.41, 5.74) is 9.93. The zero-order valence-electron chi connectivity index (χ0n) is 10.5. The molecule has 1 aromatic carbocycles. The molecular weight excluding hydrogens is 210 g/mol. The fourth-order valence-electron chi connectivity index (χ4n) is 2.25. The van der Waals surface area contributed by atoms with Crippen LogP contribution in [0.15, 0.2) is 30.4 Å². The number of aryl methyl sites for hydroxylation is 1. The minimum atomic E-state index is 0.184. The van der Waals surface area contributed by atoms with Gasteiger partial charge in [-0.05, 0) is 49.4 Å². The summed E-state index contributed by atoms with van der Waals surface area (Å²) < 4.78 is 5.71. The van der Waals surface area contributed by atoms with Gasteiger partial charge in [0.15, 0.2) is 0 Å². The van der Waals surface area contributed by atoms with Gasteiger partial charge in [-0.3, -0.25) is 0 Å². The van der Waals surface area contributed by atoms with Crippen molar-refractivity contribution in [1.29, 1.82) is 0 Å². The molecule has 2 nitrogen and oxygen atoms in total. The smallest absolute Gasteiger partial charge is 0.119 e. The molecule has 0 fully saturated rings. The van der Waals surface area contributed by atoms with Crippen LogP contribution < -0.4 is 10.5 Å². The molecule has 0 aliphatic heterocycles. The van der Waals surface area contributed by atoms with Gasteiger partial charge in [-0.15, -0.1) is 6.58 Å². The van der Waals surface area contributed by atoms with E-state index in [1.54, 1.807) is 0 Å². The Kier molecular flexibility index (Phi) is 3.85. The van der Waals surface area contributed by atoms with E-state index in [9.17, 15) is 0 Å². The van der Waals surface area contributed by atoms with Gasteiger partial charge in [-0.2, -0.15) is 0 Å². The van der Waals surface area contributed by atoms with Crippen molar-refractivity contribution in [2.45, 2.75) is 38.6 Å². The van der Waals surface area contributed by atoms with Crippen LogP contribution in [-0.4, -0.2) is 6.61 Å². The fraction of sp³-hybridized carbons (Fsp3) is 0.467. The maximum Gasteiger partial charge on any atom is 0.119 e. The third-order valence-corrected chi connectivity index (χ3v) is 3.28. The van der Waals surface area contributed by atoms with Crippen LogP contribution in [0, 0.1) is 0 Å². The van der Waals surface area contributed by atoms with E-state index in [-0.39, 0.29) is 6.04 Å². The molecule has 1 aliphatic carbocycles. The van der Waals surface area contributed by atoms with Crippen molar-refractivity contribution in [3.8, 4) is 5.75 Å². The first-order chi connectivity index (χ1) is 8.16. The molecule has 0 aromatic heterocycles. The zero-order chi connectivity index (χ0) is 12.3. The van der Waals surface area contributed by atoms with Crippen LogP contribution in [0.25, 0.3) is 0 Å². The first kappa shape index (κ1) is 12.2. The molecule has 1 aliphatic rings. The van der Waals surface area contributed by atoms with Gasteiger partial charge in [-0.1, -0.05) is 11.6 Å². The number of nitrogens with two attached hydrogens (primary N) is 1. The molecule has 0 saturated heterocycles. The van der Waals surface area contributed by atoms with Crippen molar-refractivity contribution in [1.82, 2.24) is 0 Å². The predicted molar refractivity (Wildman–Crippen MR) is 71.2 cm³/mol. The van der Waals surface area contributed by atoms with Crippen LogP contribution in [0.5, 0.6) is 5.75 Å². The molecule has 0 saturated carbocycles. The summed E-state index contributed by atoms with van der Waals surface area (Å²) in [6.45, 7) is 6.59. The molecule has 0 radical (unpaired) electrons. The molecule has 1 atom stereocenters. The number of rotatable bonds is 4. The van der Waals surface area contributed by atoms with Crippen molar-refractivity contribution in [3.05, 3.63) is 41.5 Å². The second-order valence-corrected chi connectivity index (χ2v) is 4.91. The van der Waals surface area contributed by atoms with Crippen LogP contribution in [-0.2, 0) is 6.42 Å². The third-order valence-electron chi connectivity index (χ3n) is 3.28. The molecule has 2 heteroatoms. The second-order valence-electron chi connectivity index (χ2n) is 4.91. The normalized spacial score (nSPS) is 18.6. The molecule has 1 aromatic rings. The molecule has 1 unspecified atom stereocenters. The van der Waals surface area contributed by atoms with Crippen LogP contribution in [0.1, 0.15) is 43.4 Å². The van der Waals surface area contributed by atoms with Crippen molar-refractivity contribution >= 4 is 0 Å². The highest BCUT2D eigenvalue weighted by Gasteiger charge is 2.17. The average molecular weight is 231 g/mol. The lowest BCUT2D eigenvalue weighted by atomic mass is 9.88. The Morgan fingerprint density at radius 2 is 2.35 bits per heavy atom. The van der Waals surface area contributed by atoms with Gasteiger partial charge < -0.3 is 10.5 Å². The molecule has 0 bridgehead atoms. The summed E-state index contributed by atoms with van der Waals surface area (Å²) in [7, 11) is 0. The average Bonchev–Trinajstić information content (AvgIpc) is 2.30. The summed E-state index contributed by atoms with van der Waals surface area (Å²) in [6, 6.07) is 6.50. The second kappa shape index (κ2) is 5.37. The number of ether oxygens (including phenoxy) is 1. The van der Waals surface area contributed by atoms with Gasteiger partial charge in [0.1, 0.15) is 5.75 Å². The molecule has 0 spiro atoms. The number of hydrogen-bond donors (Lipinski definition) is 1. The summed E-state index contributed by atoms with van der Waals surface area (Å²) >= 11 is 0. The maximum atomic E-state index is 6.12. The Morgan fingerprint density at radius 3 is 3.12 bits per heavy atom. The van der Waals surface area contributed by atoms with Gasteiger partial charge in [0.25, 0.3) is 0 Å². The lowest BCUT2D eigenvalue weighted by Crippen LogP contribution is -2.17. The van der Waals surface area contributed by atoms with Gasteiger partial charge in [0.2, 0.25) is 0 Å². The van der Waals surface area contributed by atoms with Crippen molar-refractivity contribution in [2.24, 2.45) is 5.73 Å². The molecule has 2 N–H and O–H groups in total. The van der Waals surface area contributed by atoms with E-state index in [2.05, 4.69) is 24.8 Å². The molecule has 0 amide bonds. The van der Waals surface area contributed by atoms with E-state index in [1.165, 1.54) is 17.5 Å². The van der Waals surface area contributed by atoms with Gasteiger partial charge in [0, 0.05) is 12.5 Å². The highest BCUT2D eigenvalue weighted by molar-refractivity contribution is 5.39. The molecule has 0 heterocycles. The Balaban J connectivity index is 2.04. The van der Waals surface area contributed by atoms with E-state index in [0.29, 0.717) is 6.61 Å². The van der Waals surface area contributed by atoms with E-state index >= 15 is 0 Å². The van der Waals surface area contributed by atoms with Crippen LogP contribution in [0.4, 0.5) is 0 Å². The zero-order valence-corrected chi connectivity index (χ0v) is 10.5. The topological polar surface area (TPSA) is 35.2 Å². The Morgan fingerprint density at radius 1 is 1.53 bits per heavy atom. The third kappa shape index (κ3) is 3.10. The van der Waals surface area contributed by atoms with Crippen molar-refractivity contribution in [3.63, 3.8) is 0 Å². The molecule has 17 heavy (non-hydrogen) atoms. The quantitative estimate of drug-likeness (QED) is 0.806. The number of fused-ring (bicyclic) bond motifs is 1. The first-order valence-electron chi connectivity index (χ1n) is 6.32. The fourth-order valence-corrected chi connectivity index (χ4v) is 2.25. The molecular formula is C15H21NO. The summed E-state index contributed by atoms with van der Waals surface area (Å²) in [5.74, 6) is 0.933. The summed E-state index contributed by atoms with van der Waals surface area (Å²) in [5, 5.41) is 0. The predicted octanol–water partition coefficient (Wildman–Crippen LogP) is 3.37. The SMILES string of the molecule is C=C(C)CCOc1ccc2c(c1)C(N)CCC2. The minimum Gasteiger partial charge on any atom is -0.493 e. The Bertz CT molecular complexity index is 411. The van der Waals surface area contributed by atoms with Crippen molar-refractivity contribution in [2.75, 3.05) is 6.61 Å². The standard InChI is InChI=1S/C15H21NO/c1-11(2)8-9-17-13-7-6-12-4-3-5-15(16)14(12)10-13/h6-7,10,15H,1,3-5,8-9,16H2,2H3. The maximum absolute atomic E-state index is 6.12. The van der Waals surface area contributed by atoms with Crippen LogP contribution >= 0.6 is 0 Å². The first-order valence-corrected chi connectivity index (χ1v) is 6.32. The molecule has 92 valence electrons. The van der Waals surface area contributed by atoms with Gasteiger partial charge in [-0.25, -0.2) is 0 Å². The number of benzene rings is 1. The minimum absolute atomic E-state index is 0.184. The number of hydrogen-bond acceptors (Lipinski definition) is 2. The Labute approximate surface area is 103 Å². The Hall–Kier alpha value is -1.28. The van der Waals surface area contributed by atoms with Crippen LogP contribution in [0.2, 0.25) is 0 Å². The largest absolute Gasteiger partial charge is 0.493 e. The monoisotopic (exact) mass is 231 g/mol. The lowest BCUT2D eigenvalue weighted by Gasteiger charge is -2.22. The lowest BCUT2D eigenvalue weighted by molar-refractivity contribution is 0.321. The van der Waals surface area contributed by atoms with Gasteiger partial charge in [0.05, 0.1) is 6.61 Å². The van der Waals surface area contributed by atoms with E-state index in [0.717, 1.165) is 30.6 Å². The highest BCUT2D eigenvalue weighted by Crippen LogP contribution is 2.30. The van der Waals surface area contributed by atoms with E-state index in [1.807, 2.05) is 6.92 Å². The summed E-state index contributed by atoms with van der Waals surface area (Å²) in [4.78, 5) is 0. The van der Waals surface area contributed by atoms with E-state index < -0.39 is 0 Å². The van der Waals surface area contributed by atoms with Gasteiger partial charge >= 0.3 is 0 Å². The van der Waals surface area contributed by atoms with E-state index in [4.69, 9.17) is 10.5 Å². The molecule has 2 rings (SSSR count). The summed E-state index contributed by atoms with van der Waals surface area (Å²) in [6.07, 6.45) is 4.34. The highest BCUT2D eigenvalue weighted by atomic mass is 16.5. The van der Waals surface area contributed by atoms with Crippen LogP contribution in [0.3, 0.4) is 0 Å². The van der Waals surface area contributed by atoms with Crippen molar-refractivity contribution < 1.29 is 4.74 Å².